The minimum Gasteiger partial charge on any atom is -0.296 e. The van der Waals surface area contributed by atoms with Crippen molar-refractivity contribution in [1.29, 1.82) is 0 Å². The molecule has 1 N–H and O–H groups in total. The maximum atomic E-state index is 11.5. The molecular formula is C11H12N2O2. The standard InChI is InChI=1S/C11H12N2O2/c14-10-2-1-9(11(15)13-10)7-8-3-5-12-6-4-8/h3-6,9H,1-2,7H2,(H,13,14,15). The van der Waals surface area contributed by atoms with E-state index in [4.69, 9.17) is 0 Å². The molecule has 0 spiro atoms. The van der Waals surface area contributed by atoms with Crippen molar-refractivity contribution >= 4 is 11.8 Å². The fourth-order valence-electron chi connectivity index (χ4n) is 1.74. The fraction of sp³-hybridized carbons (Fsp3) is 0.364. The number of imide groups is 1. The topological polar surface area (TPSA) is 59.1 Å². The normalized spacial score (nSPS) is 21.2. The second kappa shape index (κ2) is 4.21. The van der Waals surface area contributed by atoms with E-state index in [1.165, 1.54) is 0 Å². The minimum atomic E-state index is -0.161. The molecule has 1 fully saturated rings. The fourth-order valence-corrected chi connectivity index (χ4v) is 1.74. The van der Waals surface area contributed by atoms with E-state index >= 15 is 0 Å². The molecule has 15 heavy (non-hydrogen) atoms. The van der Waals surface area contributed by atoms with Crippen molar-refractivity contribution in [2.24, 2.45) is 5.92 Å². The minimum absolute atomic E-state index is 0.0786. The van der Waals surface area contributed by atoms with Crippen molar-refractivity contribution in [2.45, 2.75) is 19.3 Å². The third-order valence-electron chi connectivity index (χ3n) is 2.58. The first-order valence-electron chi connectivity index (χ1n) is 4.98. The third-order valence-corrected chi connectivity index (χ3v) is 2.58. The molecule has 0 aromatic carbocycles. The average Bonchev–Trinajstić information content (AvgIpc) is 2.24. The second-order valence-electron chi connectivity index (χ2n) is 3.71. The molecule has 0 radical (unpaired) electrons. The molecule has 4 heteroatoms. The summed E-state index contributed by atoms with van der Waals surface area (Å²) in [7, 11) is 0. The van der Waals surface area contributed by atoms with Gasteiger partial charge < -0.3 is 0 Å². The second-order valence-corrected chi connectivity index (χ2v) is 3.71. The van der Waals surface area contributed by atoms with Gasteiger partial charge in [0.2, 0.25) is 11.8 Å². The largest absolute Gasteiger partial charge is 0.296 e. The summed E-state index contributed by atoms with van der Waals surface area (Å²) in [6.07, 6.45) is 5.19. The van der Waals surface area contributed by atoms with Gasteiger partial charge in [0.1, 0.15) is 0 Å². The Bertz CT molecular complexity index is 375. The molecule has 0 saturated carbocycles. The van der Waals surface area contributed by atoms with Crippen LogP contribution in [0.25, 0.3) is 0 Å². The van der Waals surface area contributed by atoms with Crippen LogP contribution in [0.3, 0.4) is 0 Å². The summed E-state index contributed by atoms with van der Waals surface area (Å²) >= 11 is 0. The average molecular weight is 204 g/mol. The lowest BCUT2D eigenvalue weighted by molar-refractivity contribution is -0.136. The van der Waals surface area contributed by atoms with Crippen LogP contribution in [-0.4, -0.2) is 16.8 Å². The number of rotatable bonds is 2. The van der Waals surface area contributed by atoms with E-state index in [1.807, 2.05) is 12.1 Å². The molecule has 1 aromatic heterocycles. The summed E-state index contributed by atoms with van der Waals surface area (Å²) in [5.74, 6) is -0.390. The quantitative estimate of drug-likeness (QED) is 0.720. The Hall–Kier alpha value is -1.71. The number of nitrogens with one attached hydrogen (secondary N) is 1. The first-order valence-corrected chi connectivity index (χ1v) is 4.98. The van der Waals surface area contributed by atoms with Gasteiger partial charge in [-0.05, 0) is 30.5 Å². The monoisotopic (exact) mass is 204 g/mol. The van der Waals surface area contributed by atoms with Crippen LogP contribution in [0.5, 0.6) is 0 Å². The van der Waals surface area contributed by atoms with Gasteiger partial charge >= 0.3 is 0 Å². The lowest BCUT2D eigenvalue weighted by Crippen LogP contribution is -2.41. The number of carbonyl (C=O) groups excluding carboxylic acids is 2. The van der Waals surface area contributed by atoms with E-state index in [-0.39, 0.29) is 17.7 Å². The molecule has 0 aliphatic carbocycles. The summed E-state index contributed by atoms with van der Waals surface area (Å²) in [5.41, 5.74) is 1.08. The summed E-state index contributed by atoms with van der Waals surface area (Å²) in [4.78, 5) is 26.3. The van der Waals surface area contributed by atoms with E-state index in [2.05, 4.69) is 10.3 Å². The maximum absolute atomic E-state index is 11.5. The van der Waals surface area contributed by atoms with Crippen molar-refractivity contribution in [3.05, 3.63) is 30.1 Å². The third kappa shape index (κ3) is 2.40. The molecule has 1 aromatic rings. The maximum Gasteiger partial charge on any atom is 0.230 e. The highest BCUT2D eigenvalue weighted by Crippen LogP contribution is 2.17. The molecule has 1 aliphatic heterocycles. The van der Waals surface area contributed by atoms with Crippen molar-refractivity contribution in [3.8, 4) is 0 Å². The first kappa shape index (κ1) is 9.83. The van der Waals surface area contributed by atoms with Crippen molar-refractivity contribution in [1.82, 2.24) is 10.3 Å². The number of carbonyl (C=O) groups is 2. The Morgan fingerprint density at radius 1 is 1.33 bits per heavy atom. The van der Waals surface area contributed by atoms with Crippen LogP contribution in [0.1, 0.15) is 18.4 Å². The van der Waals surface area contributed by atoms with E-state index in [0.29, 0.717) is 19.3 Å². The highest BCUT2D eigenvalue weighted by Gasteiger charge is 2.26. The zero-order valence-electron chi connectivity index (χ0n) is 8.27. The van der Waals surface area contributed by atoms with Gasteiger partial charge in [0, 0.05) is 24.7 Å². The SMILES string of the molecule is O=C1CCC(Cc2ccncc2)C(=O)N1. The zero-order valence-corrected chi connectivity index (χ0v) is 8.27. The lowest BCUT2D eigenvalue weighted by atomic mass is 9.92. The molecule has 1 aliphatic rings. The molecule has 1 atom stereocenters. The molecule has 78 valence electrons. The molecular weight excluding hydrogens is 192 g/mol. The number of hydrogen-bond donors (Lipinski definition) is 1. The van der Waals surface area contributed by atoms with E-state index in [1.54, 1.807) is 12.4 Å². The molecule has 1 saturated heterocycles. The van der Waals surface area contributed by atoms with Gasteiger partial charge in [0.25, 0.3) is 0 Å². The predicted octanol–water partition coefficient (Wildman–Crippen LogP) is 0.677. The smallest absolute Gasteiger partial charge is 0.230 e. The predicted molar refractivity (Wildman–Crippen MR) is 53.8 cm³/mol. The van der Waals surface area contributed by atoms with Gasteiger partial charge in [-0.1, -0.05) is 0 Å². The molecule has 2 heterocycles. The van der Waals surface area contributed by atoms with Gasteiger partial charge in [0.15, 0.2) is 0 Å². The van der Waals surface area contributed by atoms with Gasteiger partial charge in [-0.25, -0.2) is 0 Å². The van der Waals surface area contributed by atoms with Crippen molar-refractivity contribution in [2.75, 3.05) is 0 Å². The summed E-state index contributed by atoms with van der Waals surface area (Å²) in [6, 6.07) is 3.79. The Kier molecular flexibility index (Phi) is 2.76. The van der Waals surface area contributed by atoms with E-state index in [9.17, 15) is 9.59 Å². The van der Waals surface area contributed by atoms with Crippen LogP contribution < -0.4 is 5.32 Å². The zero-order chi connectivity index (χ0) is 10.7. The molecule has 1 unspecified atom stereocenters. The highest BCUT2D eigenvalue weighted by atomic mass is 16.2. The van der Waals surface area contributed by atoms with Gasteiger partial charge in [0.05, 0.1) is 0 Å². The number of amides is 2. The van der Waals surface area contributed by atoms with Crippen LogP contribution in [0.15, 0.2) is 24.5 Å². The molecule has 4 nitrogen and oxygen atoms in total. The summed E-state index contributed by atoms with van der Waals surface area (Å²) < 4.78 is 0. The van der Waals surface area contributed by atoms with Gasteiger partial charge in [-0.15, -0.1) is 0 Å². The first-order chi connectivity index (χ1) is 7.25. The lowest BCUT2D eigenvalue weighted by Gasteiger charge is -2.20. The Morgan fingerprint density at radius 2 is 2.07 bits per heavy atom. The van der Waals surface area contributed by atoms with Crippen molar-refractivity contribution < 1.29 is 9.59 Å². The Labute approximate surface area is 87.7 Å². The molecule has 2 rings (SSSR count). The van der Waals surface area contributed by atoms with Crippen LogP contribution in [0.4, 0.5) is 0 Å². The highest BCUT2D eigenvalue weighted by molar-refractivity contribution is 5.98. The van der Waals surface area contributed by atoms with Crippen LogP contribution in [-0.2, 0) is 16.0 Å². The Balaban J connectivity index is 2.01. The Morgan fingerprint density at radius 3 is 2.73 bits per heavy atom. The van der Waals surface area contributed by atoms with E-state index in [0.717, 1.165) is 5.56 Å². The van der Waals surface area contributed by atoms with Crippen LogP contribution in [0.2, 0.25) is 0 Å². The number of piperidine rings is 1. The summed E-state index contributed by atoms with van der Waals surface area (Å²) in [5, 5.41) is 2.36. The number of pyridine rings is 1. The number of nitrogens with zero attached hydrogens (tertiary/aromatic N) is 1. The molecule has 2 amide bonds. The van der Waals surface area contributed by atoms with Crippen molar-refractivity contribution in [3.63, 3.8) is 0 Å². The van der Waals surface area contributed by atoms with Gasteiger partial charge in [-0.2, -0.15) is 0 Å². The number of aromatic nitrogens is 1. The molecule has 0 bridgehead atoms. The van der Waals surface area contributed by atoms with Crippen LogP contribution in [0, 0.1) is 5.92 Å². The van der Waals surface area contributed by atoms with E-state index < -0.39 is 0 Å². The van der Waals surface area contributed by atoms with Gasteiger partial charge in [-0.3, -0.25) is 19.9 Å². The summed E-state index contributed by atoms with van der Waals surface area (Å²) in [6.45, 7) is 0. The number of hydrogen-bond acceptors (Lipinski definition) is 3. The van der Waals surface area contributed by atoms with Crippen LogP contribution >= 0.6 is 0 Å².